The van der Waals surface area contributed by atoms with Crippen molar-refractivity contribution in [3.05, 3.63) is 16.1 Å². The van der Waals surface area contributed by atoms with Gasteiger partial charge in [0.2, 0.25) is 0 Å². The molecule has 0 spiro atoms. The average molecular weight is 268 g/mol. The third-order valence-corrected chi connectivity index (χ3v) is 4.74. The molecule has 0 bridgehead atoms. The van der Waals surface area contributed by atoms with E-state index in [0.29, 0.717) is 17.8 Å². The number of hydrogen-bond acceptors (Lipinski definition) is 4. The Morgan fingerprint density at radius 2 is 2.17 bits per heavy atom. The molecule has 4 heteroatoms. The van der Waals surface area contributed by atoms with Gasteiger partial charge in [-0.3, -0.25) is 0 Å². The molecule has 1 aromatic heterocycles. The molecular formula is C14H24N2OS. The van der Waals surface area contributed by atoms with Gasteiger partial charge in [0.1, 0.15) is 0 Å². The fourth-order valence-corrected chi connectivity index (χ4v) is 3.56. The second kappa shape index (κ2) is 6.64. The van der Waals surface area contributed by atoms with Crippen LogP contribution in [0.25, 0.3) is 0 Å². The van der Waals surface area contributed by atoms with Crippen molar-refractivity contribution in [2.24, 2.45) is 5.92 Å². The lowest BCUT2D eigenvalue weighted by molar-refractivity contribution is 0.0852. The Morgan fingerprint density at radius 1 is 1.44 bits per heavy atom. The summed E-state index contributed by atoms with van der Waals surface area (Å²) in [5.41, 5.74) is 1.27. The third kappa shape index (κ3) is 3.31. The van der Waals surface area contributed by atoms with Gasteiger partial charge in [-0.05, 0) is 25.8 Å². The fraction of sp³-hybridized carbons (Fsp3) is 0.786. The normalized spacial score (nSPS) is 19.3. The predicted molar refractivity (Wildman–Crippen MR) is 76.4 cm³/mol. The van der Waals surface area contributed by atoms with Crippen molar-refractivity contribution in [1.29, 1.82) is 0 Å². The van der Waals surface area contributed by atoms with Gasteiger partial charge in [-0.15, -0.1) is 11.3 Å². The second-order valence-electron chi connectivity index (χ2n) is 5.41. The molecule has 1 fully saturated rings. The first-order chi connectivity index (χ1) is 8.72. The van der Waals surface area contributed by atoms with Gasteiger partial charge in [-0.2, -0.15) is 0 Å². The predicted octanol–water partition coefficient (Wildman–Crippen LogP) is 3.00. The summed E-state index contributed by atoms with van der Waals surface area (Å²) in [5, 5.41) is 6.85. The molecule has 0 amide bonds. The summed E-state index contributed by atoms with van der Waals surface area (Å²) in [4.78, 5) is 4.90. The van der Waals surface area contributed by atoms with E-state index in [0.717, 1.165) is 32.6 Å². The van der Waals surface area contributed by atoms with Crippen LogP contribution in [0.1, 0.15) is 49.2 Å². The molecule has 2 rings (SSSR count). The summed E-state index contributed by atoms with van der Waals surface area (Å²) in [5.74, 6) is 1.78. The van der Waals surface area contributed by atoms with Gasteiger partial charge < -0.3 is 10.1 Å². The van der Waals surface area contributed by atoms with Gasteiger partial charge in [-0.25, -0.2) is 4.98 Å². The molecule has 0 saturated carbocycles. The van der Waals surface area contributed by atoms with Crippen molar-refractivity contribution in [1.82, 2.24) is 10.3 Å². The maximum Gasteiger partial charge on any atom is 0.0961 e. The van der Waals surface area contributed by atoms with Gasteiger partial charge in [0.25, 0.3) is 0 Å². The minimum absolute atomic E-state index is 0.528. The van der Waals surface area contributed by atoms with Crippen molar-refractivity contribution in [2.45, 2.75) is 38.5 Å². The third-order valence-electron chi connectivity index (χ3n) is 3.72. The Morgan fingerprint density at radius 3 is 2.78 bits per heavy atom. The van der Waals surface area contributed by atoms with E-state index in [2.05, 4.69) is 24.5 Å². The van der Waals surface area contributed by atoms with E-state index in [1.54, 1.807) is 0 Å². The zero-order valence-corrected chi connectivity index (χ0v) is 12.4. The van der Waals surface area contributed by atoms with Crippen LogP contribution in [0.15, 0.2) is 5.38 Å². The maximum absolute atomic E-state index is 5.42. The van der Waals surface area contributed by atoms with Gasteiger partial charge in [-0.1, -0.05) is 13.8 Å². The van der Waals surface area contributed by atoms with Crippen LogP contribution in [0.3, 0.4) is 0 Å². The second-order valence-corrected chi connectivity index (χ2v) is 6.30. The van der Waals surface area contributed by atoms with Crippen LogP contribution >= 0.6 is 11.3 Å². The van der Waals surface area contributed by atoms with E-state index in [9.17, 15) is 0 Å². The highest BCUT2D eigenvalue weighted by molar-refractivity contribution is 7.09. The summed E-state index contributed by atoms with van der Waals surface area (Å²) in [7, 11) is 2.02. The van der Waals surface area contributed by atoms with E-state index >= 15 is 0 Å². The molecule has 1 N–H and O–H groups in total. The number of nitrogens with one attached hydrogen (secondary N) is 1. The lowest BCUT2D eigenvalue weighted by atomic mass is 9.93. The molecule has 1 atom stereocenters. The van der Waals surface area contributed by atoms with Crippen LogP contribution < -0.4 is 5.32 Å². The topological polar surface area (TPSA) is 34.1 Å². The number of aromatic nitrogens is 1. The summed E-state index contributed by atoms with van der Waals surface area (Å²) >= 11 is 1.83. The summed E-state index contributed by atoms with van der Waals surface area (Å²) < 4.78 is 5.42. The van der Waals surface area contributed by atoms with Crippen LogP contribution in [-0.4, -0.2) is 31.8 Å². The van der Waals surface area contributed by atoms with Crippen LogP contribution in [0.2, 0.25) is 0 Å². The summed E-state index contributed by atoms with van der Waals surface area (Å²) in [6.45, 7) is 7.34. The van der Waals surface area contributed by atoms with Gasteiger partial charge >= 0.3 is 0 Å². The lowest BCUT2D eigenvalue weighted by Crippen LogP contribution is -2.22. The number of ether oxygens (including phenoxy) is 1. The summed E-state index contributed by atoms with van der Waals surface area (Å²) in [6.07, 6.45) is 2.26. The Bertz CT molecular complexity index is 358. The van der Waals surface area contributed by atoms with Crippen molar-refractivity contribution in [2.75, 3.05) is 26.8 Å². The Kier molecular flexibility index (Phi) is 5.15. The number of hydrogen-bond donors (Lipinski definition) is 1. The highest BCUT2D eigenvalue weighted by atomic mass is 32.1. The highest BCUT2D eigenvalue weighted by Gasteiger charge is 2.22. The SMILES string of the molecule is CNCC(c1csc(C2CCOCC2)n1)C(C)C. The molecule has 1 aliphatic rings. The number of rotatable bonds is 5. The molecular weight excluding hydrogens is 244 g/mol. The molecule has 1 saturated heterocycles. The molecule has 0 aromatic carbocycles. The highest BCUT2D eigenvalue weighted by Crippen LogP contribution is 2.32. The maximum atomic E-state index is 5.42. The van der Waals surface area contributed by atoms with Crippen molar-refractivity contribution >= 4 is 11.3 Å². The molecule has 2 heterocycles. The van der Waals surface area contributed by atoms with E-state index in [-0.39, 0.29) is 0 Å². The van der Waals surface area contributed by atoms with Crippen molar-refractivity contribution < 1.29 is 4.74 Å². The molecule has 1 aromatic rings. The Balaban J connectivity index is 2.07. The van der Waals surface area contributed by atoms with Gasteiger partial charge in [0.15, 0.2) is 0 Å². The smallest absolute Gasteiger partial charge is 0.0961 e. The largest absolute Gasteiger partial charge is 0.381 e. The minimum atomic E-state index is 0.528. The lowest BCUT2D eigenvalue weighted by Gasteiger charge is -2.20. The fourth-order valence-electron chi connectivity index (χ4n) is 2.50. The van der Waals surface area contributed by atoms with Gasteiger partial charge in [0.05, 0.1) is 10.7 Å². The molecule has 1 unspecified atom stereocenters. The van der Waals surface area contributed by atoms with Crippen molar-refractivity contribution in [3.8, 4) is 0 Å². The number of nitrogens with zero attached hydrogens (tertiary/aromatic N) is 1. The van der Waals surface area contributed by atoms with Crippen molar-refractivity contribution in [3.63, 3.8) is 0 Å². The molecule has 0 radical (unpaired) electrons. The Labute approximate surface area is 114 Å². The van der Waals surface area contributed by atoms with E-state index in [1.807, 2.05) is 18.4 Å². The number of likely N-dealkylation sites (N-methyl/N-ethyl adjacent to an activating group) is 1. The van der Waals surface area contributed by atoms with E-state index in [4.69, 9.17) is 9.72 Å². The molecule has 3 nitrogen and oxygen atoms in total. The van der Waals surface area contributed by atoms with Crippen LogP contribution in [0.5, 0.6) is 0 Å². The first kappa shape index (κ1) is 14.0. The van der Waals surface area contributed by atoms with Crippen LogP contribution in [0, 0.1) is 5.92 Å². The zero-order chi connectivity index (χ0) is 13.0. The summed E-state index contributed by atoms with van der Waals surface area (Å²) in [6, 6.07) is 0. The van der Waals surface area contributed by atoms with Gasteiger partial charge in [0, 0.05) is 37.0 Å². The van der Waals surface area contributed by atoms with Crippen LogP contribution in [0.4, 0.5) is 0 Å². The molecule has 18 heavy (non-hydrogen) atoms. The quantitative estimate of drug-likeness (QED) is 0.891. The Hall–Kier alpha value is -0.450. The zero-order valence-electron chi connectivity index (χ0n) is 11.6. The molecule has 1 aliphatic heterocycles. The first-order valence-corrected chi connectivity index (χ1v) is 7.78. The molecule has 102 valence electrons. The monoisotopic (exact) mass is 268 g/mol. The standard InChI is InChI=1S/C14H24N2OS/c1-10(2)12(8-15-3)13-9-18-14(16-13)11-4-6-17-7-5-11/h9-12,15H,4-8H2,1-3H3. The number of thiazole rings is 1. The first-order valence-electron chi connectivity index (χ1n) is 6.90. The molecule has 0 aliphatic carbocycles. The van der Waals surface area contributed by atoms with E-state index < -0.39 is 0 Å². The van der Waals surface area contributed by atoms with E-state index in [1.165, 1.54) is 10.7 Å². The minimum Gasteiger partial charge on any atom is -0.381 e. The average Bonchev–Trinajstić information content (AvgIpc) is 2.86. The van der Waals surface area contributed by atoms with Crippen LogP contribution in [-0.2, 0) is 4.74 Å².